The van der Waals surface area contributed by atoms with Crippen molar-refractivity contribution < 1.29 is 0 Å². The molecule has 2 aliphatic rings. The molecule has 0 aromatic heterocycles. The molecule has 0 amide bonds. The Morgan fingerprint density at radius 1 is 1.19 bits per heavy atom. The standard InChI is InChI=1S/C24H22N2/c1-3-23(22-17-11-16-19-12-9-10-15-21(19)18-22)26-24(25-4-2)20-13-7-5-6-8-14-20/h3,5,7-16,18H,1,4,17H2,2H3. The van der Waals surface area contributed by atoms with Crippen molar-refractivity contribution in [2.75, 3.05) is 6.54 Å². The first kappa shape index (κ1) is 17.6. The van der Waals surface area contributed by atoms with E-state index in [0.717, 1.165) is 29.1 Å². The smallest absolute Gasteiger partial charge is 0.155 e. The number of aliphatic imine (C=N–C) groups is 2. The first-order chi connectivity index (χ1) is 12.8. The molecule has 0 bridgehead atoms. The van der Waals surface area contributed by atoms with Gasteiger partial charge >= 0.3 is 0 Å². The average Bonchev–Trinajstić information content (AvgIpc) is 3.06. The van der Waals surface area contributed by atoms with Crippen LogP contribution in [0.25, 0.3) is 12.2 Å². The SMILES string of the molecule is C=CC(=NC(=NCC)C1=CC=C=CC=C1)C1=Cc2ccccc2C=CC1. The molecule has 2 nitrogen and oxygen atoms in total. The molecule has 0 N–H and O–H groups in total. The molecule has 3 rings (SSSR count). The van der Waals surface area contributed by atoms with E-state index in [9.17, 15) is 0 Å². The Bertz CT molecular complexity index is 940. The summed E-state index contributed by atoms with van der Waals surface area (Å²) in [5.74, 6) is 0.717. The van der Waals surface area contributed by atoms with Crippen molar-refractivity contribution in [3.8, 4) is 0 Å². The summed E-state index contributed by atoms with van der Waals surface area (Å²) in [7, 11) is 0. The minimum absolute atomic E-state index is 0.674. The van der Waals surface area contributed by atoms with Crippen LogP contribution in [0.5, 0.6) is 0 Å². The number of benzene rings is 1. The maximum absolute atomic E-state index is 4.85. The van der Waals surface area contributed by atoms with Crippen molar-refractivity contribution in [1.29, 1.82) is 0 Å². The number of rotatable bonds is 4. The topological polar surface area (TPSA) is 24.7 Å². The number of amidine groups is 1. The molecule has 1 aromatic rings. The van der Waals surface area contributed by atoms with Crippen molar-refractivity contribution in [1.82, 2.24) is 0 Å². The Hall–Kier alpha value is -3.22. The fraction of sp³-hybridized carbons (Fsp3) is 0.125. The zero-order valence-electron chi connectivity index (χ0n) is 15.0. The lowest BCUT2D eigenvalue weighted by molar-refractivity contribution is 1.12. The minimum atomic E-state index is 0.674. The summed E-state index contributed by atoms with van der Waals surface area (Å²) < 4.78 is 0. The van der Waals surface area contributed by atoms with E-state index in [1.165, 1.54) is 11.1 Å². The van der Waals surface area contributed by atoms with Gasteiger partial charge in [0.1, 0.15) is 0 Å². The third-order valence-corrected chi connectivity index (χ3v) is 4.10. The lowest BCUT2D eigenvalue weighted by Crippen LogP contribution is -2.06. The second kappa shape index (κ2) is 8.75. The van der Waals surface area contributed by atoms with Crippen LogP contribution in [-0.4, -0.2) is 18.1 Å². The zero-order chi connectivity index (χ0) is 18.2. The molecular weight excluding hydrogens is 316 g/mol. The van der Waals surface area contributed by atoms with E-state index < -0.39 is 0 Å². The molecule has 26 heavy (non-hydrogen) atoms. The summed E-state index contributed by atoms with van der Waals surface area (Å²) >= 11 is 0. The molecule has 0 aliphatic heterocycles. The van der Waals surface area contributed by atoms with E-state index in [4.69, 9.17) is 4.99 Å². The van der Waals surface area contributed by atoms with E-state index >= 15 is 0 Å². The predicted molar refractivity (Wildman–Crippen MR) is 114 cm³/mol. The van der Waals surface area contributed by atoms with Crippen molar-refractivity contribution in [3.05, 3.63) is 101 Å². The maximum Gasteiger partial charge on any atom is 0.155 e. The molecule has 0 saturated carbocycles. The van der Waals surface area contributed by atoms with Gasteiger partial charge in [0.05, 0.1) is 5.71 Å². The average molecular weight is 338 g/mol. The van der Waals surface area contributed by atoms with Crippen LogP contribution >= 0.6 is 0 Å². The molecule has 128 valence electrons. The lowest BCUT2D eigenvalue weighted by Gasteiger charge is -2.08. The Morgan fingerprint density at radius 3 is 2.85 bits per heavy atom. The molecule has 0 saturated heterocycles. The van der Waals surface area contributed by atoms with Crippen LogP contribution in [0.3, 0.4) is 0 Å². The number of hydrogen-bond donors (Lipinski definition) is 0. The van der Waals surface area contributed by atoms with E-state index in [-0.39, 0.29) is 0 Å². The Balaban J connectivity index is 2.02. The van der Waals surface area contributed by atoms with Gasteiger partial charge in [-0.15, -0.1) is 5.73 Å². The molecular formula is C24H22N2. The third-order valence-electron chi connectivity index (χ3n) is 4.10. The van der Waals surface area contributed by atoms with E-state index in [1.807, 2.05) is 43.4 Å². The fourth-order valence-corrected chi connectivity index (χ4v) is 2.84. The van der Waals surface area contributed by atoms with E-state index in [0.29, 0.717) is 6.54 Å². The molecule has 0 heterocycles. The molecule has 0 fully saturated rings. The van der Waals surface area contributed by atoms with Gasteiger partial charge in [-0.05, 0) is 60.4 Å². The molecule has 0 spiro atoms. The van der Waals surface area contributed by atoms with Crippen molar-refractivity contribution >= 4 is 23.7 Å². The molecule has 1 aromatic carbocycles. The molecule has 0 atom stereocenters. The summed E-state index contributed by atoms with van der Waals surface area (Å²) in [6.45, 7) is 6.68. The van der Waals surface area contributed by atoms with Gasteiger partial charge in [-0.25, -0.2) is 4.99 Å². The highest BCUT2D eigenvalue weighted by molar-refractivity contribution is 6.19. The highest BCUT2D eigenvalue weighted by Crippen LogP contribution is 2.22. The largest absolute Gasteiger partial charge is 0.267 e. The van der Waals surface area contributed by atoms with Gasteiger partial charge in [-0.3, -0.25) is 4.99 Å². The summed E-state index contributed by atoms with van der Waals surface area (Å²) in [5, 5.41) is 0. The van der Waals surface area contributed by atoms with Crippen LogP contribution in [0.2, 0.25) is 0 Å². The van der Waals surface area contributed by atoms with Gasteiger partial charge in [-0.1, -0.05) is 55.1 Å². The summed E-state index contributed by atoms with van der Waals surface area (Å²) in [5.41, 5.74) is 8.44. The van der Waals surface area contributed by atoms with E-state index in [2.05, 4.69) is 59.8 Å². The van der Waals surface area contributed by atoms with Gasteiger partial charge in [0, 0.05) is 12.1 Å². The van der Waals surface area contributed by atoms with Gasteiger partial charge in [0.25, 0.3) is 0 Å². The summed E-state index contributed by atoms with van der Waals surface area (Å²) in [6, 6.07) is 8.37. The number of hydrogen-bond acceptors (Lipinski definition) is 1. The van der Waals surface area contributed by atoms with Gasteiger partial charge in [0.15, 0.2) is 5.84 Å². The first-order valence-electron chi connectivity index (χ1n) is 8.83. The second-order valence-corrected chi connectivity index (χ2v) is 5.89. The van der Waals surface area contributed by atoms with Crippen LogP contribution in [0.1, 0.15) is 24.5 Å². The van der Waals surface area contributed by atoms with Crippen molar-refractivity contribution in [3.63, 3.8) is 0 Å². The van der Waals surface area contributed by atoms with Crippen LogP contribution in [0.15, 0.2) is 100 Å². The Labute approximate surface area is 155 Å². The Kier molecular flexibility index (Phi) is 5.92. The first-order valence-corrected chi connectivity index (χ1v) is 8.83. The molecule has 0 radical (unpaired) electrons. The van der Waals surface area contributed by atoms with Crippen LogP contribution in [0.4, 0.5) is 0 Å². The number of fused-ring (bicyclic) bond motifs is 1. The predicted octanol–water partition coefficient (Wildman–Crippen LogP) is 5.74. The summed E-state index contributed by atoms with van der Waals surface area (Å²) in [4.78, 5) is 9.45. The molecule has 2 aliphatic carbocycles. The number of nitrogens with zero attached hydrogens (tertiary/aromatic N) is 2. The van der Waals surface area contributed by atoms with Crippen molar-refractivity contribution in [2.45, 2.75) is 13.3 Å². The minimum Gasteiger partial charge on any atom is -0.267 e. The molecule has 2 heteroatoms. The fourth-order valence-electron chi connectivity index (χ4n) is 2.84. The van der Waals surface area contributed by atoms with E-state index in [1.54, 1.807) is 0 Å². The van der Waals surface area contributed by atoms with Crippen LogP contribution < -0.4 is 0 Å². The monoisotopic (exact) mass is 338 g/mol. The maximum atomic E-state index is 4.85. The summed E-state index contributed by atoms with van der Waals surface area (Å²) in [6.07, 6.45) is 18.8. The van der Waals surface area contributed by atoms with Gasteiger partial charge in [-0.2, -0.15) is 0 Å². The van der Waals surface area contributed by atoms with Crippen LogP contribution in [-0.2, 0) is 0 Å². The number of allylic oxidation sites excluding steroid dienone is 6. The zero-order valence-corrected chi connectivity index (χ0v) is 15.0. The van der Waals surface area contributed by atoms with Crippen LogP contribution in [0, 0.1) is 0 Å². The van der Waals surface area contributed by atoms with Gasteiger partial charge in [0.2, 0.25) is 0 Å². The second-order valence-electron chi connectivity index (χ2n) is 5.89. The highest BCUT2D eigenvalue weighted by atomic mass is 14.9. The quantitative estimate of drug-likeness (QED) is 0.380. The molecule has 0 unspecified atom stereocenters. The highest BCUT2D eigenvalue weighted by Gasteiger charge is 2.10. The van der Waals surface area contributed by atoms with Crippen molar-refractivity contribution in [2.24, 2.45) is 9.98 Å². The normalized spacial score (nSPS) is 16.5. The lowest BCUT2D eigenvalue weighted by atomic mass is 10.0. The third kappa shape index (κ3) is 4.24. The Morgan fingerprint density at radius 2 is 2.04 bits per heavy atom. The van der Waals surface area contributed by atoms with Gasteiger partial charge < -0.3 is 0 Å².